The number of hydrogen-bond donors (Lipinski definition) is 1. The minimum Gasteiger partial charge on any atom is -0.565 e. The Balaban J connectivity index is 1.95. The Morgan fingerprint density at radius 1 is 1.18 bits per heavy atom. The molecule has 34 heavy (non-hydrogen) atoms. The number of nitrogens with zero attached hydrogens (tertiary/aromatic N) is 3. The van der Waals surface area contributed by atoms with Crippen molar-refractivity contribution in [2.45, 2.75) is 84.4 Å². The molecule has 10 heteroatoms. The number of hydrogen-bond acceptors (Lipinski definition) is 6. The van der Waals surface area contributed by atoms with E-state index in [1.54, 1.807) is 19.9 Å². The van der Waals surface area contributed by atoms with Gasteiger partial charge in [0, 0.05) is 29.6 Å². The minimum atomic E-state index is -0.862. The van der Waals surface area contributed by atoms with E-state index in [1.165, 1.54) is 23.1 Å². The molecular formula is C24H34FN4O5+. The second kappa shape index (κ2) is 11.8. The Labute approximate surface area is 197 Å². The van der Waals surface area contributed by atoms with E-state index in [1.807, 2.05) is 0 Å². The molecule has 1 heterocycles. The molecule has 3 rings (SSSR count). The highest BCUT2D eigenvalue weighted by atomic mass is 19.1. The minimum absolute atomic E-state index is 0.0300. The van der Waals surface area contributed by atoms with Gasteiger partial charge in [0.15, 0.2) is 11.6 Å². The molecule has 3 N–H and O–H groups in total. The summed E-state index contributed by atoms with van der Waals surface area (Å²) in [5.74, 6) is -1.06. The molecular weight excluding hydrogens is 443 g/mol. The van der Waals surface area contributed by atoms with Crippen LogP contribution >= 0.6 is 0 Å². The fraction of sp³-hybridized carbons (Fsp3) is 0.583. The van der Waals surface area contributed by atoms with Gasteiger partial charge in [0.1, 0.15) is 6.42 Å². The van der Waals surface area contributed by atoms with Gasteiger partial charge in [0.2, 0.25) is 5.95 Å². The van der Waals surface area contributed by atoms with Crippen LogP contribution in [0.15, 0.2) is 27.8 Å². The summed E-state index contributed by atoms with van der Waals surface area (Å²) < 4.78 is 22.2. The zero-order chi connectivity index (χ0) is 24.7. The molecule has 1 aromatic carbocycles. The fourth-order valence-electron chi connectivity index (χ4n) is 4.23. The Morgan fingerprint density at radius 3 is 2.47 bits per heavy atom. The van der Waals surface area contributed by atoms with E-state index >= 15 is 0 Å². The first-order valence-electron chi connectivity index (χ1n) is 11.9. The van der Waals surface area contributed by atoms with Crippen molar-refractivity contribution in [2.24, 2.45) is 5.92 Å². The number of benzene rings is 1. The van der Waals surface area contributed by atoms with Gasteiger partial charge in [-0.1, -0.05) is 32.1 Å². The highest BCUT2D eigenvalue weighted by molar-refractivity contribution is 5.66. The zero-order valence-electron chi connectivity index (χ0n) is 19.8. The molecule has 0 radical (unpaired) electrons. The SMILES string of the molecule is CC(C)Oc1ccc(Nc2nc(=O)n(CCC(=O)[OH2+])c(=O)n2CC2CCCCCCC2)cc1F. The highest BCUT2D eigenvalue weighted by Gasteiger charge is 2.20. The predicted octanol–water partition coefficient (Wildman–Crippen LogP) is 3.08. The third-order valence-electron chi connectivity index (χ3n) is 5.93. The van der Waals surface area contributed by atoms with E-state index in [9.17, 15) is 18.8 Å². The van der Waals surface area contributed by atoms with Gasteiger partial charge in [0.25, 0.3) is 0 Å². The third kappa shape index (κ3) is 6.91. The molecule has 2 aromatic rings. The van der Waals surface area contributed by atoms with E-state index < -0.39 is 23.2 Å². The van der Waals surface area contributed by atoms with Crippen molar-refractivity contribution >= 4 is 17.6 Å². The van der Waals surface area contributed by atoms with E-state index in [2.05, 4.69) is 10.3 Å². The molecule has 0 unspecified atom stereocenters. The molecule has 1 saturated carbocycles. The highest BCUT2D eigenvalue weighted by Crippen LogP contribution is 2.26. The van der Waals surface area contributed by atoms with E-state index in [0.717, 1.165) is 43.1 Å². The van der Waals surface area contributed by atoms with Crippen LogP contribution in [-0.2, 0) is 17.9 Å². The fourth-order valence-corrected chi connectivity index (χ4v) is 4.23. The lowest BCUT2D eigenvalue weighted by Crippen LogP contribution is -2.43. The van der Waals surface area contributed by atoms with Gasteiger partial charge >= 0.3 is 17.3 Å². The molecule has 0 bridgehead atoms. The number of halogens is 1. The maximum atomic E-state index is 14.5. The maximum absolute atomic E-state index is 14.5. The van der Waals surface area contributed by atoms with Crippen molar-refractivity contribution in [3.05, 3.63) is 45.0 Å². The molecule has 0 amide bonds. The smallest absolute Gasteiger partial charge is 0.517 e. The summed E-state index contributed by atoms with van der Waals surface area (Å²) in [5.41, 5.74) is -1.08. The summed E-state index contributed by atoms with van der Waals surface area (Å²) in [6.07, 6.45) is 7.17. The second-order valence-corrected chi connectivity index (χ2v) is 9.08. The van der Waals surface area contributed by atoms with Crippen LogP contribution in [0.3, 0.4) is 0 Å². The largest absolute Gasteiger partial charge is 0.565 e. The Morgan fingerprint density at radius 2 is 1.85 bits per heavy atom. The predicted molar refractivity (Wildman–Crippen MR) is 127 cm³/mol. The van der Waals surface area contributed by atoms with Gasteiger partial charge in [-0.25, -0.2) is 18.5 Å². The number of rotatable bonds is 9. The number of anilines is 2. The lowest BCUT2D eigenvalue weighted by atomic mass is 9.91. The quantitative estimate of drug-likeness (QED) is 0.555. The summed E-state index contributed by atoms with van der Waals surface area (Å²) in [4.78, 5) is 41.0. The first-order valence-corrected chi connectivity index (χ1v) is 11.9. The number of aromatic nitrogens is 3. The van der Waals surface area contributed by atoms with E-state index in [0.29, 0.717) is 12.2 Å². The van der Waals surface area contributed by atoms with Gasteiger partial charge in [0.05, 0.1) is 6.10 Å². The summed E-state index contributed by atoms with van der Waals surface area (Å²) in [7, 11) is 0. The normalized spacial score (nSPS) is 15.1. The van der Waals surface area contributed by atoms with E-state index in [4.69, 9.17) is 9.84 Å². The molecule has 1 aliphatic rings. The van der Waals surface area contributed by atoms with Gasteiger partial charge in [-0.3, -0.25) is 4.57 Å². The van der Waals surface area contributed by atoms with E-state index in [-0.39, 0.29) is 36.7 Å². The molecule has 0 saturated heterocycles. The van der Waals surface area contributed by atoms with Crippen molar-refractivity contribution in [1.82, 2.24) is 14.1 Å². The molecule has 1 aromatic heterocycles. The van der Waals surface area contributed by atoms with Crippen molar-refractivity contribution in [3.63, 3.8) is 0 Å². The molecule has 1 fully saturated rings. The van der Waals surface area contributed by atoms with Crippen LogP contribution in [0.5, 0.6) is 5.75 Å². The van der Waals surface area contributed by atoms with Crippen molar-refractivity contribution in [3.8, 4) is 5.75 Å². The average molecular weight is 478 g/mol. The Kier molecular flexibility index (Phi) is 8.84. The molecule has 1 aliphatic carbocycles. The number of nitrogens with one attached hydrogen (secondary N) is 1. The molecule has 0 atom stereocenters. The Bertz CT molecular complexity index is 1100. The lowest BCUT2D eigenvalue weighted by Gasteiger charge is -2.23. The summed E-state index contributed by atoms with van der Waals surface area (Å²) in [6.45, 7) is 3.76. The van der Waals surface area contributed by atoms with Crippen LogP contribution < -0.4 is 21.4 Å². The summed E-state index contributed by atoms with van der Waals surface area (Å²) in [5, 5.41) is 10.0. The summed E-state index contributed by atoms with van der Waals surface area (Å²) in [6, 6.07) is 4.31. The lowest BCUT2D eigenvalue weighted by molar-refractivity contribution is -0.137. The number of carbonyl (C=O) groups excluding carboxylic acids is 1. The maximum Gasteiger partial charge on any atom is 0.517 e. The number of ether oxygens (including phenoxy) is 1. The monoisotopic (exact) mass is 477 g/mol. The van der Waals surface area contributed by atoms with Crippen molar-refractivity contribution in [2.75, 3.05) is 5.32 Å². The Hall–Kier alpha value is -3.17. The van der Waals surface area contributed by atoms with Crippen LogP contribution in [0.4, 0.5) is 16.0 Å². The van der Waals surface area contributed by atoms with Crippen LogP contribution in [0, 0.1) is 11.7 Å². The molecule has 0 aliphatic heterocycles. The zero-order valence-corrected chi connectivity index (χ0v) is 19.8. The molecule has 9 nitrogen and oxygen atoms in total. The average Bonchev–Trinajstić information content (AvgIpc) is 2.73. The third-order valence-corrected chi connectivity index (χ3v) is 5.93. The van der Waals surface area contributed by atoms with Crippen molar-refractivity contribution in [1.29, 1.82) is 0 Å². The van der Waals surface area contributed by atoms with Gasteiger partial charge < -0.3 is 15.2 Å². The summed E-state index contributed by atoms with van der Waals surface area (Å²) >= 11 is 0. The topological polar surface area (TPSA) is 118 Å². The molecule has 0 spiro atoms. The first-order chi connectivity index (χ1) is 16.2. The van der Waals surface area contributed by atoms with Crippen LogP contribution in [0.25, 0.3) is 0 Å². The van der Waals surface area contributed by atoms with Crippen LogP contribution in [0.1, 0.15) is 65.2 Å². The van der Waals surface area contributed by atoms with Gasteiger partial charge in [-0.05, 0) is 44.7 Å². The van der Waals surface area contributed by atoms with Gasteiger partial charge in [-0.15, -0.1) is 0 Å². The van der Waals surface area contributed by atoms with Crippen LogP contribution in [0.2, 0.25) is 0 Å². The van der Waals surface area contributed by atoms with Crippen molar-refractivity contribution < 1.29 is 19.0 Å². The second-order valence-electron chi connectivity index (χ2n) is 9.08. The first kappa shape index (κ1) is 25.5. The standard InChI is InChI=1S/C24H33FN4O5/c1-16(2)34-20-11-10-18(14-19(20)25)26-22-27-23(32)28(13-12-21(30)31)24(33)29(22)15-17-8-6-4-3-5-7-9-17/h10-11,14,16-17H,3-9,12-13,15H2,1-2H3,(H,30,31)(H,26,27,32)/p+1. The van der Waals surface area contributed by atoms with Crippen LogP contribution in [-0.4, -0.2) is 31.3 Å². The molecule has 186 valence electrons. The van der Waals surface area contributed by atoms with Gasteiger partial charge in [-0.2, -0.15) is 4.98 Å². The number of carbonyl (C=O) groups is 1.